The molecular weight excluding hydrogens is 394 g/mol. The molecule has 0 fully saturated rings. The second-order valence-electron chi connectivity index (χ2n) is 6.44. The molecule has 0 aliphatic carbocycles. The second-order valence-corrected chi connectivity index (χ2v) is 9.85. The van der Waals surface area contributed by atoms with E-state index in [4.69, 9.17) is 0 Å². The van der Waals surface area contributed by atoms with Crippen molar-refractivity contribution in [3.8, 4) is 11.4 Å². The third kappa shape index (κ3) is 4.45. The molecule has 3 rings (SSSR count). The van der Waals surface area contributed by atoms with Gasteiger partial charge in [-0.3, -0.25) is 9.78 Å². The normalized spacial score (nSPS) is 11.5. The number of hydrogen-bond donors (Lipinski definition) is 1. The van der Waals surface area contributed by atoms with Crippen molar-refractivity contribution in [2.75, 3.05) is 6.54 Å². The van der Waals surface area contributed by atoms with Crippen LogP contribution in [0.3, 0.4) is 0 Å². The van der Waals surface area contributed by atoms with Crippen LogP contribution in [0, 0.1) is 0 Å². The number of aromatic nitrogens is 2. The zero-order valence-electron chi connectivity index (χ0n) is 15.6. The summed E-state index contributed by atoms with van der Waals surface area (Å²) in [5.74, 6) is -0.402. The number of thiazole rings is 1. The maximum Gasteiger partial charge on any atom is 0.252 e. The number of amides is 1. The summed E-state index contributed by atoms with van der Waals surface area (Å²) in [6.45, 7) is 3.57. The minimum atomic E-state index is -3.54. The first-order chi connectivity index (χ1) is 13.4. The highest BCUT2D eigenvalue weighted by atomic mass is 32.2. The van der Waals surface area contributed by atoms with Crippen molar-refractivity contribution >= 4 is 27.1 Å². The fourth-order valence-corrected chi connectivity index (χ4v) is 4.63. The van der Waals surface area contributed by atoms with Crippen LogP contribution in [-0.2, 0) is 16.3 Å². The predicted molar refractivity (Wildman–Crippen MR) is 110 cm³/mol. The molecule has 6 nitrogen and oxygen atoms in total. The summed E-state index contributed by atoms with van der Waals surface area (Å²) in [5, 5.41) is 5.01. The average Bonchev–Trinajstić information content (AvgIpc) is 3.17. The van der Waals surface area contributed by atoms with E-state index in [1.54, 1.807) is 32.2 Å². The summed E-state index contributed by atoms with van der Waals surface area (Å²) < 4.78 is 25.0. The van der Waals surface area contributed by atoms with Gasteiger partial charge in [0.25, 0.3) is 5.91 Å². The minimum Gasteiger partial charge on any atom is -0.352 e. The number of nitrogens with one attached hydrogen (secondary N) is 1. The van der Waals surface area contributed by atoms with Crippen LogP contribution in [0.2, 0.25) is 0 Å². The second kappa shape index (κ2) is 8.62. The van der Waals surface area contributed by atoms with Gasteiger partial charge in [0.2, 0.25) is 0 Å². The lowest BCUT2D eigenvalue weighted by molar-refractivity contribution is 0.0951. The Hall–Kier alpha value is -2.58. The number of rotatable bonds is 7. The monoisotopic (exact) mass is 415 g/mol. The molecule has 3 aromatic rings. The van der Waals surface area contributed by atoms with E-state index in [1.165, 1.54) is 23.5 Å². The molecule has 0 atom stereocenters. The highest BCUT2D eigenvalue weighted by Crippen LogP contribution is 2.21. The molecule has 0 saturated heterocycles. The molecule has 2 heterocycles. The Kier molecular flexibility index (Phi) is 6.21. The molecule has 0 aliphatic rings. The molecule has 0 spiro atoms. The fraction of sp³-hybridized carbons (Fsp3) is 0.250. The van der Waals surface area contributed by atoms with Gasteiger partial charge in [-0.15, -0.1) is 11.3 Å². The number of carbonyl (C=O) groups excluding carboxylic acids is 1. The molecule has 1 aromatic carbocycles. The minimum absolute atomic E-state index is 0.0641. The van der Waals surface area contributed by atoms with Gasteiger partial charge in [0.15, 0.2) is 9.84 Å². The Bertz CT molecular complexity index is 1060. The van der Waals surface area contributed by atoms with Crippen molar-refractivity contribution in [3.05, 3.63) is 64.6 Å². The lowest BCUT2D eigenvalue weighted by atomic mass is 10.2. The number of benzene rings is 1. The van der Waals surface area contributed by atoms with Gasteiger partial charge in [-0.2, -0.15) is 0 Å². The van der Waals surface area contributed by atoms with Crippen molar-refractivity contribution in [2.45, 2.75) is 30.4 Å². The Morgan fingerprint density at radius 3 is 2.57 bits per heavy atom. The van der Waals surface area contributed by atoms with E-state index in [-0.39, 0.29) is 10.5 Å². The SMILES string of the molecule is CC(C)S(=O)(=O)c1ccccc1C(=O)NCCc1nc(-c2ccccn2)cs1. The third-order valence-electron chi connectivity index (χ3n) is 4.16. The number of hydrogen-bond acceptors (Lipinski definition) is 6. The van der Waals surface area contributed by atoms with Gasteiger partial charge >= 0.3 is 0 Å². The summed E-state index contributed by atoms with van der Waals surface area (Å²) >= 11 is 1.50. The largest absolute Gasteiger partial charge is 0.352 e. The van der Waals surface area contributed by atoms with E-state index in [0.29, 0.717) is 13.0 Å². The van der Waals surface area contributed by atoms with Crippen LogP contribution in [0.5, 0.6) is 0 Å². The fourth-order valence-electron chi connectivity index (χ4n) is 2.59. The lowest BCUT2D eigenvalue weighted by Crippen LogP contribution is -2.28. The van der Waals surface area contributed by atoms with Gasteiger partial charge < -0.3 is 5.32 Å². The number of nitrogens with zero attached hydrogens (tertiary/aromatic N) is 2. The van der Waals surface area contributed by atoms with Gasteiger partial charge in [0.05, 0.1) is 32.1 Å². The topological polar surface area (TPSA) is 89.0 Å². The van der Waals surface area contributed by atoms with Crippen LogP contribution < -0.4 is 5.32 Å². The van der Waals surface area contributed by atoms with E-state index in [2.05, 4.69) is 15.3 Å². The first-order valence-electron chi connectivity index (χ1n) is 8.86. The van der Waals surface area contributed by atoms with Crippen LogP contribution in [0.25, 0.3) is 11.4 Å². The van der Waals surface area contributed by atoms with Crippen molar-refractivity contribution in [3.63, 3.8) is 0 Å². The molecular formula is C20H21N3O3S2. The Morgan fingerprint density at radius 1 is 1.11 bits per heavy atom. The van der Waals surface area contributed by atoms with Gasteiger partial charge in [0, 0.05) is 24.5 Å². The molecule has 8 heteroatoms. The summed E-state index contributed by atoms with van der Waals surface area (Å²) in [6.07, 6.45) is 2.28. The molecule has 2 aromatic heterocycles. The Morgan fingerprint density at radius 2 is 1.86 bits per heavy atom. The lowest BCUT2D eigenvalue weighted by Gasteiger charge is -2.12. The van der Waals surface area contributed by atoms with Gasteiger partial charge in [-0.25, -0.2) is 13.4 Å². The molecule has 0 radical (unpaired) electrons. The molecule has 0 saturated carbocycles. The maximum absolute atomic E-state index is 12.5. The van der Waals surface area contributed by atoms with E-state index in [1.807, 2.05) is 23.6 Å². The van der Waals surface area contributed by atoms with E-state index in [0.717, 1.165) is 16.4 Å². The van der Waals surface area contributed by atoms with E-state index in [9.17, 15) is 13.2 Å². The van der Waals surface area contributed by atoms with Gasteiger partial charge in [-0.1, -0.05) is 18.2 Å². The number of pyridine rings is 1. The maximum atomic E-state index is 12.5. The highest BCUT2D eigenvalue weighted by Gasteiger charge is 2.25. The zero-order chi connectivity index (χ0) is 20.1. The van der Waals surface area contributed by atoms with Crippen molar-refractivity contribution < 1.29 is 13.2 Å². The van der Waals surface area contributed by atoms with Crippen LogP contribution in [0.4, 0.5) is 0 Å². The molecule has 1 amide bonds. The number of sulfone groups is 1. The molecule has 0 bridgehead atoms. The van der Waals surface area contributed by atoms with Gasteiger partial charge in [-0.05, 0) is 38.1 Å². The zero-order valence-corrected chi connectivity index (χ0v) is 17.3. The first kappa shape index (κ1) is 20.2. The van der Waals surface area contributed by atoms with Crippen molar-refractivity contribution in [1.29, 1.82) is 0 Å². The van der Waals surface area contributed by atoms with Crippen LogP contribution in [-0.4, -0.2) is 36.1 Å². The third-order valence-corrected chi connectivity index (χ3v) is 7.28. The van der Waals surface area contributed by atoms with Crippen LogP contribution in [0.1, 0.15) is 29.2 Å². The molecule has 28 heavy (non-hydrogen) atoms. The van der Waals surface area contributed by atoms with Crippen LogP contribution >= 0.6 is 11.3 Å². The summed E-state index contributed by atoms with van der Waals surface area (Å²) in [5.41, 5.74) is 1.78. The Balaban J connectivity index is 1.65. The van der Waals surface area contributed by atoms with Gasteiger partial charge in [0.1, 0.15) is 0 Å². The van der Waals surface area contributed by atoms with Crippen LogP contribution in [0.15, 0.2) is 58.9 Å². The van der Waals surface area contributed by atoms with Crippen molar-refractivity contribution in [2.24, 2.45) is 0 Å². The smallest absolute Gasteiger partial charge is 0.252 e. The Labute approximate surface area is 168 Å². The number of carbonyl (C=O) groups is 1. The summed E-state index contributed by atoms with van der Waals surface area (Å²) in [4.78, 5) is 21.4. The highest BCUT2D eigenvalue weighted by molar-refractivity contribution is 7.92. The first-order valence-corrected chi connectivity index (χ1v) is 11.3. The average molecular weight is 416 g/mol. The predicted octanol–water partition coefficient (Wildman–Crippen LogP) is 3.36. The quantitative estimate of drug-likeness (QED) is 0.639. The molecule has 0 unspecified atom stereocenters. The van der Waals surface area contributed by atoms with Crippen molar-refractivity contribution in [1.82, 2.24) is 15.3 Å². The standard InChI is InChI=1S/C20H21N3O3S2/c1-14(2)28(25,26)18-9-4-3-7-15(18)20(24)22-12-10-19-23-17(13-27-19)16-8-5-6-11-21-16/h3-9,11,13-14H,10,12H2,1-2H3,(H,22,24). The summed E-state index contributed by atoms with van der Waals surface area (Å²) in [6, 6.07) is 12.0. The summed E-state index contributed by atoms with van der Waals surface area (Å²) in [7, 11) is -3.54. The molecule has 146 valence electrons. The van der Waals surface area contributed by atoms with E-state index < -0.39 is 21.0 Å². The van der Waals surface area contributed by atoms with E-state index >= 15 is 0 Å². The molecule has 0 aliphatic heterocycles. The molecule has 1 N–H and O–H groups in total.